The molecule has 0 amide bonds. The molecule has 0 N–H and O–H groups in total. The molecule has 252 valence electrons. The number of fused-ring (bicyclic) bond motifs is 3. The zero-order valence-corrected chi connectivity index (χ0v) is 32.0. The highest BCUT2D eigenvalue weighted by atomic mass is 16.3. The van der Waals surface area contributed by atoms with E-state index in [1.165, 1.54) is 0 Å². The minimum absolute atomic E-state index is 0.00160. The van der Waals surface area contributed by atoms with Crippen LogP contribution in [-0.2, 0) is 0 Å². The Balaban J connectivity index is 1.24. The molecule has 7 aromatic carbocycles. The van der Waals surface area contributed by atoms with E-state index < -0.39 is 0 Å². The van der Waals surface area contributed by atoms with Gasteiger partial charge in [0.2, 0.25) is 0 Å². The quantitative estimate of drug-likeness (QED) is 0.196. The Morgan fingerprint density at radius 3 is 1.12 bits per heavy atom. The molecule has 0 atom stereocenters. The average Bonchev–Trinajstić information content (AvgIpc) is 3.69. The van der Waals surface area contributed by atoms with Crippen LogP contribution in [0.4, 0.5) is 0 Å². The van der Waals surface area contributed by atoms with Gasteiger partial charge in [0.25, 0.3) is 0 Å². The lowest BCUT2D eigenvalue weighted by Crippen LogP contribution is -2.56. The smallest absolute Gasteiger partial charge is 0.167 e. The SMILES string of the molecule is [B]c1c([B])c([B])c(-c2c([B])c([B])c3oc4c(-c5nc(-c6ccccc6)nc(-c6ccc(-c7ccc(-c8ccccc8)cc7)cc6)n5)c([B])c([B])c([B])c4c3c2[B])c([B])c1[B]. The van der Waals surface area contributed by atoms with Gasteiger partial charge in [-0.05, 0) is 33.4 Å². The summed E-state index contributed by atoms with van der Waals surface area (Å²) in [4.78, 5) is 14.8. The van der Waals surface area contributed by atoms with Crippen molar-refractivity contribution in [2.75, 3.05) is 0 Å². The third-order valence-electron chi connectivity index (χ3n) is 10.9. The zero-order valence-electron chi connectivity index (χ0n) is 32.0. The Morgan fingerprint density at radius 1 is 0.267 bits per heavy atom. The number of aromatic nitrogens is 3. The second kappa shape index (κ2) is 15.3. The molecule has 0 aliphatic carbocycles. The maximum absolute atomic E-state index is 6.95. The topological polar surface area (TPSA) is 51.8 Å². The minimum atomic E-state index is -0.00788. The molecule has 0 saturated heterocycles. The molecule has 0 aliphatic rings. The first-order valence-corrected chi connectivity index (χ1v) is 18.6. The van der Waals surface area contributed by atoms with Crippen molar-refractivity contribution >= 4 is 168 Å². The summed E-state index contributed by atoms with van der Waals surface area (Å²) in [5.74, 6) is 0.870. The first kappa shape index (κ1) is 39.5. The lowest BCUT2D eigenvalue weighted by atomic mass is 9.57. The lowest BCUT2D eigenvalue weighted by molar-refractivity contribution is 0.673. The molecule has 4 nitrogen and oxygen atoms in total. The fourth-order valence-electron chi connectivity index (χ4n) is 7.62. The summed E-state index contributed by atoms with van der Waals surface area (Å²) in [6.07, 6.45) is 0. The predicted octanol–water partition coefficient (Wildman–Crippen LogP) is -1.50. The normalized spacial score (nSPS) is 11.4. The number of benzene rings is 7. The van der Waals surface area contributed by atoms with Gasteiger partial charge in [-0.2, -0.15) is 0 Å². The van der Waals surface area contributed by atoms with Gasteiger partial charge < -0.3 is 4.42 Å². The van der Waals surface area contributed by atoms with Crippen molar-refractivity contribution in [1.82, 2.24) is 15.0 Å². The van der Waals surface area contributed by atoms with Gasteiger partial charge in [-0.3, -0.25) is 0 Å². The van der Waals surface area contributed by atoms with E-state index in [1.807, 2.05) is 72.8 Å². The molecule has 9 aromatic rings. The zero-order chi connectivity index (χ0) is 42.1. The third kappa shape index (κ3) is 6.36. The fourth-order valence-corrected chi connectivity index (χ4v) is 7.62. The molecule has 2 heterocycles. The van der Waals surface area contributed by atoms with Crippen molar-refractivity contribution in [2.24, 2.45) is 0 Å². The Bertz CT molecular complexity index is 3170. The van der Waals surface area contributed by atoms with E-state index >= 15 is 0 Å². The maximum atomic E-state index is 6.95. The molecule has 0 spiro atoms. The van der Waals surface area contributed by atoms with Crippen molar-refractivity contribution < 1.29 is 4.42 Å². The minimum Gasteiger partial charge on any atom is -0.456 e. The molecule has 15 heteroatoms. The summed E-state index contributed by atoms with van der Waals surface area (Å²) in [6, 6.07) is 36.0. The fraction of sp³-hybridized carbons (Fsp3) is 0. The summed E-state index contributed by atoms with van der Waals surface area (Å²) in [5, 5.41) is 0.534. The first-order valence-electron chi connectivity index (χ1n) is 18.6. The number of hydrogen-bond donors (Lipinski definition) is 0. The molecular formula is C45H18B11N3O. The van der Waals surface area contributed by atoms with Crippen LogP contribution in [0.1, 0.15) is 0 Å². The van der Waals surface area contributed by atoms with Gasteiger partial charge in [0.05, 0.1) is 5.56 Å². The molecular weight excluding hydrogens is 717 g/mol. The number of rotatable bonds is 6. The summed E-state index contributed by atoms with van der Waals surface area (Å²) < 4.78 is 6.52. The summed E-state index contributed by atoms with van der Waals surface area (Å²) >= 11 is 0. The van der Waals surface area contributed by atoms with Crippen molar-refractivity contribution in [1.29, 1.82) is 0 Å². The second-order valence-corrected chi connectivity index (χ2v) is 14.4. The molecule has 0 unspecified atom stereocenters. The van der Waals surface area contributed by atoms with Gasteiger partial charge in [0.1, 0.15) is 97.5 Å². The largest absolute Gasteiger partial charge is 0.456 e. The van der Waals surface area contributed by atoms with Crippen LogP contribution in [0.25, 0.3) is 89.5 Å². The van der Waals surface area contributed by atoms with Gasteiger partial charge in [-0.25, -0.2) is 15.0 Å². The highest BCUT2D eigenvalue weighted by molar-refractivity contribution is 6.71. The number of furan rings is 1. The first-order chi connectivity index (χ1) is 28.8. The van der Waals surface area contributed by atoms with Gasteiger partial charge >= 0.3 is 0 Å². The summed E-state index contributed by atoms with van der Waals surface area (Å²) in [6.45, 7) is 0. The molecule has 0 fully saturated rings. The van der Waals surface area contributed by atoms with Gasteiger partial charge in [0, 0.05) is 21.9 Å². The van der Waals surface area contributed by atoms with Gasteiger partial charge in [-0.1, -0.05) is 147 Å². The maximum Gasteiger partial charge on any atom is 0.167 e. The van der Waals surface area contributed by atoms with E-state index in [0.717, 1.165) is 27.8 Å². The monoisotopic (exact) mass is 737 g/mol. The molecule has 9 rings (SSSR count). The van der Waals surface area contributed by atoms with Crippen molar-refractivity contribution in [2.45, 2.75) is 0 Å². The highest BCUT2D eigenvalue weighted by Crippen LogP contribution is 2.34. The van der Waals surface area contributed by atoms with Crippen LogP contribution in [0.5, 0.6) is 0 Å². The third-order valence-corrected chi connectivity index (χ3v) is 10.9. The predicted molar refractivity (Wildman–Crippen MR) is 259 cm³/mol. The molecule has 0 saturated carbocycles. The molecule has 60 heavy (non-hydrogen) atoms. The van der Waals surface area contributed by atoms with Crippen LogP contribution >= 0.6 is 0 Å². The number of hydrogen-bond acceptors (Lipinski definition) is 4. The lowest BCUT2D eigenvalue weighted by Gasteiger charge is -2.25. The van der Waals surface area contributed by atoms with Crippen LogP contribution < -0.4 is 60.1 Å². The highest BCUT2D eigenvalue weighted by Gasteiger charge is 2.27. The van der Waals surface area contributed by atoms with Crippen LogP contribution in [0.2, 0.25) is 0 Å². The van der Waals surface area contributed by atoms with E-state index in [2.05, 4.69) is 36.4 Å². The van der Waals surface area contributed by atoms with Crippen molar-refractivity contribution in [3.63, 3.8) is 0 Å². The van der Waals surface area contributed by atoms with Crippen LogP contribution in [0.3, 0.4) is 0 Å². The molecule has 0 bridgehead atoms. The van der Waals surface area contributed by atoms with Crippen LogP contribution in [0, 0.1) is 0 Å². The standard InChI is InChI=1S/C45H18B11N3O/c46-30-25(26-31(47)37(53)39(55)38(54)32(26)48)33(49)40(56)42-27(30)28-34(50)36(52)35(51)29(41(28)60-42)45-58-43(23-9-5-2-6-10-23)57-44(59-45)24-17-15-22(16-18-24)21-13-11-20(12-14-21)19-7-3-1-4-8-19/h1-18H. The van der Waals surface area contributed by atoms with E-state index in [9.17, 15) is 0 Å². The van der Waals surface area contributed by atoms with Gasteiger partial charge in [-0.15, -0.1) is 21.9 Å². The Labute approximate surface area is 362 Å². The summed E-state index contributed by atoms with van der Waals surface area (Å²) in [5.41, 5.74) is 6.74. The van der Waals surface area contributed by atoms with Crippen molar-refractivity contribution in [3.8, 4) is 67.5 Å². The van der Waals surface area contributed by atoms with E-state index in [4.69, 9.17) is 106 Å². The van der Waals surface area contributed by atoms with Crippen molar-refractivity contribution in [3.05, 3.63) is 109 Å². The number of nitrogens with zero attached hydrogens (tertiary/aromatic N) is 3. The van der Waals surface area contributed by atoms with Gasteiger partial charge in [0.15, 0.2) is 17.5 Å². The van der Waals surface area contributed by atoms with E-state index in [1.54, 1.807) is 0 Å². The van der Waals surface area contributed by atoms with Crippen LogP contribution in [0.15, 0.2) is 114 Å². The molecule has 0 aliphatic heterocycles. The van der Waals surface area contributed by atoms with E-state index in [0.29, 0.717) is 17.2 Å². The summed E-state index contributed by atoms with van der Waals surface area (Å²) in [7, 11) is 72.0. The Morgan fingerprint density at radius 2 is 0.600 bits per heavy atom. The molecule has 2 aromatic heterocycles. The van der Waals surface area contributed by atoms with Crippen LogP contribution in [-0.4, -0.2) is 101 Å². The second-order valence-electron chi connectivity index (χ2n) is 14.4. The Hall–Kier alpha value is -5.94. The van der Waals surface area contributed by atoms with E-state index in [-0.39, 0.29) is 105 Å². The Kier molecular flexibility index (Phi) is 10.1. The average molecular weight is 736 g/mol. The molecule has 22 radical (unpaired) electrons.